The lowest BCUT2D eigenvalue weighted by Gasteiger charge is -2.11. The average molecular weight is 281 g/mol. The summed E-state index contributed by atoms with van der Waals surface area (Å²) in [5.74, 6) is 0.322. The Balaban J connectivity index is 1.93. The minimum Gasteiger partial charge on any atom is -0.508 e. The van der Waals surface area contributed by atoms with Crippen molar-refractivity contribution in [2.45, 2.75) is 19.9 Å². The van der Waals surface area contributed by atoms with E-state index in [9.17, 15) is 5.11 Å². The van der Waals surface area contributed by atoms with E-state index in [1.165, 1.54) is 0 Å². The van der Waals surface area contributed by atoms with Crippen LogP contribution in [0.15, 0.2) is 42.6 Å². The van der Waals surface area contributed by atoms with Gasteiger partial charge in [0, 0.05) is 25.4 Å². The molecule has 2 aromatic carbocycles. The van der Waals surface area contributed by atoms with Crippen LogP contribution in [-0.4, -0.2) is 14.9 Å². The van der Waals surface area contributed by atoms with E-state index in [1.54, 1.807) is 6.07 Å². The summed E-state index contributed by atoms with van der Waals surface area (Å²) < 4.78 is 1.81. The molecule has 0 unspecified atom stereocenters. The number of fused-ring (bicyclic) bond motifs is 1. The predicted molar refractivity (Wildman–Crippen MR) is 85.5 cm³/mol. The molecule has 0 bridgehead atoms. The first-order valence-electron chi connectivity index (χ1n) is 7.15. The fourth-order valence-electron chi connectivity index (χ4n) is 2.64. The molecule has 0 atom stereocenters. The Kier molecular flexibility index (Phi) is 3.52. The van der Waals surface area contributed by atoms with Crippen molar-refractivity contribution in [3.05, 3.63) is 53.9 Å². The summed E-state index contributed by atoms with van der Waals surface area (Å²) >= 11 is 0. The summed E-state index contributed by atoms with van der Waals surface area (Å²) in [4.78, 5) is 0. The molecule has 0 aliphatic carbocycles. The number of rotatable bonds is 4. The van der Waals surface area contributed by atoms with Gasteiger partial charge >= 0.3 is 0 Å². The Labute approximate surface area is 124 Å². The van der Waals surface area contributed by atoms with Crippen molar-refractivity contribution < 1.29 is 5.11 Å². The molecule has 0 radical (unpaired) electrons. The SMILES string of the molecule is CCc1nn(C)cc1NCc1c(O)ccc2ccccc12. The van der Waals surface area contributed by atoms with Crippen molar-refractivity contribution in [2.24, 2.45) is 7.05 Å². The summed E-state index contributed by atoms with van der Waals surface area (Å²) in [6.07, 6.45) is 2.85. The average Bonchev–Trinajstić information content (AvgIpc) is 2.86. The van der Waals surface area contributed by atoms with E-state index in [-0.39, 0.29) is 0 Å². The minimum absolute atomic E-state index is 0.322. The first kappa shape index (κ1) is 13.5. The zero-order valence-electron chi connectivity index (χ0n) is 12.3. The number of nitrogens with one attached hydrogen (secondary N) is 1. The lowest BCUT2D eigenvalue weighted by atomic mass is 10.0. The second-order valence-electron chi connectivity index (χ2n) is 5.15. The van der Waals surface area contributed by atoms with Gasteiger partial charge in [-0.1, -0.05) is 37.3 Å². The Morgan fingerprint density at radius 3 is 2.81 bits per heavy atom. The van der Waals surface area contributed by atoms with Gasteiger partial charge in [-0.3, -0.25) is 4.68 Å². The number of phenols is 1. The van der Waals surface area contributed by atoms with Crippen molar-refractivity contribution in [3.63, 3.8) is 0 Å². The molecule has 1 heterocycles. The largest absolute Gasteiger partial charge is 0.508 e. The zero-order chi connectivity index (χ0) is 14.8. The van der Waals surface area contributed by atoms with Gasteiger partial charge in [-0.05, 0) is 23.3 Å². The maximum absolute atomic E-state index is 10.2. The molecule has 1 aromatic heterocycles. The molecule has 0 amide bonds. The molecule has 4 nitrogen and oxygen atoms in total. The van der Waals surface area contributed by atoms with Crippen LogP contribution in [0.25, 0.3) is 10.8 Å². The molecule has 0 aliphatic rings. The first-order chi connectivity index (χ1) is 10.2. The van der Waals surface area contributed by atoms with Crippen LogP contribution in [0.2, 0.25) is 0 Å². The number of aromatic nitrogens is 2. The molecular formula is C17H19N3O. The Hall–Kier alpha value is -2.49. The Morgan fingerprint density at radius 1 is 1.19 bits per heavy atom. The molecule has 0 saturated carbocycles. The normalized spacial score (nSPS) is 11.0. The number of aromatic hydroxyl groups is 1. The highest BCUT2D eigenvalue weighted by molar-refractivity contribution is 5.87. The van der Waals surface area contributed by atoms with E-state index in [0.717, 1.165) is 34.1 Å². The van der Waals surface area contributed by atoms with Crippen LogP contribution in [0.4, 0.5) is 5.69 Å². The van der Waals surface area contributed by atoms with Crippen LogP contribution in [0.5, 0.6) is 5.75 Å². The minimum atomic E-state index is 0.322. The number of aryl methyl sites for hydroxylation is 2. The number of hydrogen-bond acceptors (Lipinski definition) is 3. The van der Waals surface area contributed by atoms with Crippen LogP contribution in [0, 0.1) is 0 Å². The molecule has 3 aromatic rings. The summed E-state index contributed by atoms with van der Waals surface area (Å²) in [7, 11) is 1.92. The van der Waals surface area contributed by atoms with Crippen molar-refractivity contribution in [1.29, 1.82) is 0 Å². The Bertz CT molecular complexity index is 777. The molecule has 0 fully saturated rings. The van der Waals surface area contributed by atoms with Gasteiger partial charge < -0.3 is 10.4 Å². The summed E-state index contributed by atoms with van der Waals surface area (Å²) in [5, 5.41) is 20.2. The number of phenolic OH excluding ortho intramolecular Hbond substituents is 1. The van der Waals surface area contributed by atoms with Crippen molar-refractivity contribution in [1.82, 2.24) is 9.78 Å². The van der Waals surface area contributed by atoms with Gasteiger partial charge in [0.2, 0.25) is 0 Å². The highest BCUT2D eigenvalue weighted by Gasteiger charge is 2.09. The molecular weight excluding hydrogens is 262 g/mol. The maximum atomic E-state index is 10.2. The van der Waals surface area contributed by atoms with Gasteiger partial charge in [0.15, 0.2) is 0 Å². The molecule has 4 heteroatoms. The van der Waals surface area contributed by atoms with Crippen molar-refractivity contribution >= 4 is 16.5 Å². The highest BCUT2D eigenvalue weighted by atomic mass is 16.3. The van der Waals surface area contributed by atoms with E-state index in [1.807, 2.05) is 42.2 Å². The topological polar surface area (TPSA) is 50.1 Å². The molecule has 3 rings (SSSR count). The van der Waals surface area contributed by atoms with Gasteiger partial charge in [0.1, 0.15) is 5.75 Å². The predicted octanol–water partition coefficient (Wildman–Crippen LogP) is 3.45. The van der Waals surface area contributed by atoms with Gasteiger partial charge in [-0.15, -0.1) is 0 Å². The molecule has 2 N–H and O–H groups in total. The second kappa shape index (κ2) is 5.48. The summed E-state index contributed by atoms with van der Waals surface area (Å²) in [6.45, 7) is 2.66. The van der Waals surface area contributed by atoms with Crippen molar-refractivity contribution in [2.75, 3.05) is 5.32 Å². The number of anilines is 1. The van der Waals surface area contributed by atoms with Gasteiger partial charge in [-0.25, -0.2) is 0 Å². The van der Waals surface area contributed by atoms with Gasteiger partial charge in [-0.2, -0.15) is 5.10 Å². The standard InChI is InChI=1S/C17H19N3O/c1-3-15-16(11-20(2)19-15)18-10-14-13-7-5-4-6-12(13)8-9-17(14)21/h4-9,11,18,21H,3,10H2,1-2H3. The lowest BCUT2D eigenvalue weighted by molar-refractivity contribution is 0.470. The zero-order valence-corrected chi connectivity index (χ0v) is 12.3. The van der Waals surface area contributed by atoms with Gasteiger partial charge in [0.25, 0.3) is 0 Å². The summed E-state index contributed by atoms with van der Waals surface area (Å²) in [5.41, 5.74) is 2.98. The van der Waals surface area contributed by atoms with Crippen LogP contribution in [-0.2, 0) is 20.0 Å². The monoisotopic (exact) mass is 281 g/mol. The fourth-order valence-corrected chi connectivity index (χ4v) is 2.64. The number of hydrogen-bond donors (Lipinski definition) is 2. The van der Waals surface area contributed by atoms with E-state index in [2.05, 4.69) is 23.4 Å². The van der Waals surface area contributed by atoms with Crippen molar-refractivity contribution in [3.8, 4) is 5.75 Å². The van der Waals surface area contributed by atoms with E-state index < -0.39 is 0 Å². The Morgan fingerprint density at radius 2 is 2.00 bits per heavy atom. The third-order valence-electron chi connectivity index (χ3n) is 3.71. The van der Waals surface area contributed by atoms with E-state index in [4.69, 9.17) is 0 Å². The van der Waals surface area contributed by atoms with Crippen LogP contribution >= 0.6 is 0 Å². The second-order valence-corrected chi connectivity index (χ2v) is 5.15. The van der Waals surface area contributed by atoms with E-state index in [0.29, 0.717) is 12.3 Å². The fraction of sp³-hybridized carbons (Fsp3) is 0.235. The molecule has 0 saturated heterocycles. The molecule has 21 heavy (non-hydrogen) atoms. The smallest absolute Gasteiger partial charge is 0.121 e. The molecule has 0 aliphatic heterocycles. The number of benzene rings is 2. The quantitative estimate of drug-likeness (QED) is 0.770. The van der Waals surface area contributed by atoms with Crippen LogP contribution < -0.4 is 5.32 Å². The highest BCUT2D eigenvalue weighted by Crippen LogP contribution is 2.28. The third-order valence-corrected chi connectivity index (χ3v) is 3.71. The third kappa shape index (κ3) is 2.57. The van der Waals surface area contributed by atoms with E-state index >= 15 is 0 Å². The molecule has 0 spiro atoms. The maximum Gasteiger partial charge on any atom is 0.121 e. The number of nitrogens with zero attached hydrogens (tertiary/aromatic N) is 2. The van der Waals surface area contributed by atoms with Crippen LogP contribution in [0.3, 0.4) is 0 Å². The summed E-state index contributed by atoms with van der Waals surface area (Å²) in [6, 6.07) is 11.8. The van der Waals surface area contributed by atoms with Crippen LogP contribution in [0.1, 0.15) is 18.2 Å². The molecule has 108 valence electrons. The first-order valence-corrected chi connectivity index (χ1v) is 7.15. The lowest BCUT2D eigenvalue weighted by Crippen LogP contribution is -2.02. The van der Waals surface area contributed by atoms with Gasteiger partial charge in [0.05, 0.1) is 11.4 Å².